The number of hydrogen-bond donors (Lipinski definition) is 1. The molecular weight excluding hydrogens is 222 g/mol. The Balaban J connectivity index is 1.74. The van der Waals surface area contributed by atoms with Crippen LogP contribution in [0.15, 0.2) is 0 Å². The standard InChI is InChI=1S/C15H31N3/c1-3-15-7-11-18(9-5-8-16-15)13-14-6-10-17(4-2)12-14/h14-16H,3-13H2,1-2H3. The third kappa shape index (κ3) is 4.22. The lowest BCUT2D eigenvalue weighted by atomic mass is 10.1. The topological polar surface area (TPSA) is 18.5 Å². The average Bonchev–Trinajstić information content (AvgIpc) is 2.81. The van der Waals surface area contributed by atoms with E-state index in [4.69, 9.17) is 0 Å². The molecule has 3 nitrogen and oxygen atoms in total. The van der Waals surface area contributed by atoms with Gasteiger partial charge in [0.2, 0.25) is 0 Å². The molecule has 0 aliphatic carbocycles. The molecule has 106 valence electrons. The summed E-state index contributed by atoms with van der Waals surface area (Å²) in [6, 6.07) is 0.753. The maximum absolute atomic E-state index is 3.67. The van der Waals surface area contributed by atoms with Crippen LogP contribution in [0.25, 0.3) is 0 Å². The molecule has 2 aliphatic rings. The monoisotopic (exact) mass is 253 g/mol. The summed E-state index contributed by atoms with van der Waals surface area (Å²) in [5.41, 5.74) is 0. The molecular formula is C15H31N3. The Bertz CT molecular complexity index is 232. The molecule has 2 rings (SSSR count). The largest absolute Gasteiger partial charge is 0.314 e. The van der Waals surface area contributed by atoms with E-state index in [1.54, 1.807) is 0 Å². The first kappa shape index (κ1) is 14.3. The molecule has 0 saturated carbocycles. The van der Waals surface area contributed by atoms with Gasteiger partial charge in [-0.15, -0.1) is 0 Å². The van der Waals surface area contributed by atoms with Crippen LogP contribution in [0.3, 0.4) is 0 Å². The number of likely N-dealkylation sites (tertiary alicyclic amines) is 1. The molecule has 3 heteroatoms. The van der Waals surface area contributed by atoms with E-state index < -0.39 is 0 Å². The van der Waals surface area contributed by atoms with Gasteiger partial charge in [0.25, 0.3) is 0 Å². The zero-order valence-corrected chi connectivity index (χ0v) is 12.3. The van der Waals surface area contributed by atoms with E-state index >= 15 is 0 Å². The van der Waals surface area contributed by atoms with Crippen molar-refractivity contribution in [2.75, 3.05) is 45.8 Å². The van der Waals surface area contributed by atoms with Crippen LogP contribution >= 0.6 is 0 Å². The van der Waals surface area contributed by atoms with Gasteiger partial charge in [0.05, 0.1) is 0 Å². The van der Waals surface area contributed by atoms with Crippen molar-refractivity contribution in [2.45, 2.75) is 45.6 Å². The van der Waals surface area contributed by atoms with Crippen LogP contribution in [-0.4, -0.2) is 61.7 Å². The molecule has 2 saturated heterocycles. The van der Waals surface area contributed by atoms with Crippen LogP contribution in [0.1, 0.15) is 39.5 Å². The number of hydrogen-bond acceptors (Lipinski definition) is 3. The minimum Gasteiger partial charge on any atom is -0.314 e. The number of nitrogens with one attached hydrogen (secondary N) is 1. The number of rotatable bonds is 4. The van der Waals surface area contributed by atoms with Crippen molar-refractivity contribution in [3.05, 3.63) is 0 Å². The summed E-state index contributed by atoms with van der Waals surface area (Å²) in [6.07, 6.45) is 5.35. The lowest BCUT2D eigenvalue weighted by Crippen LogP contribution is -2.41. The molecule has 18 heavy (non-hydrogen) atoms. The van der Waals surface area contributed by atoms with Gasteiger partial charge in [-0.3, -0.25) is 0 Å². The molecule has 2 unspecified atom stereocenters. The van der Waals surface area contributed by atoms with Crippen molar-refractivity contribution in [1.82, 2.24) is 15.1 Å². The molecule has 2 heterocycles. The van der Waals surface area contributed by atoms with Crippen LogP contribution in [-0.2, 0) is 0 Å². The smallest absolute Gasteiger partial charge is 0.00766 e. The molecule has 0 aromatic rings. The van der Waals surface area contributed by atoms with Crippen LogP contribution < -0.4 is 5.32 Å². The Labute approximate surface area is 113 Å². The fraction of sp³-hybridized carbons (Fsp3) is 1.00. The van der Waals surface area contributed by atoms with E-state index in [1.165, 1.54) is 71.5 Å². The van der Waals surface area contributed by atoms with Crippen molar-refractivity contribution < 1.29 is 0 Å². The summed E-state index contributed by atoms with van der Waals surface area (Å²) in [7, 11) is 0. The predicted octanol–water partition coefficient (Wildman–Crippen LogP) is 1.79. The molecule has 1 N–H and O–H groups in total. The van der Waals surface area contributed by atoms with Crippen molar-refractivity contribution in [3.63, 3.8) is 0 Å². The fourth-order valence-electron chi connectivity index (χ4n) is 3.41. The van der Waals surface area contributed by atoms with Crippen molar-refractivity contribution in [2.24, 2.45) is 5.92 Å². The van der Waals surface area contributed by atoms with Gasteiger partial charge in [0.15, 0.2) is 0 Å². The predicted molar refractivity (Wildman–Crippen MR) is 78.0 cm³/mol. The molecule has 2 aliphatic heterocycles. The fourth-order valence-corrected chi connectivity index (χ4v) is 3.41. The molecule has 0 bridgehead atoms. The third-order valence-corrected chi connectivity index (χ3v) is 4.70. The molecule has 2 atom stereocenters. The first-order valence-electron chi connectivity index (χ1n) is 8.00. The van der Waals surface area contributed by atoms with Gasteiger partial charge in [-0.1, -0.05) is 13.8 Å². The Morgan fingerprint density at radius 3 is 2.61 bits per heavy atom. The molecule has 0 amide bonds. The quantitative estimate of drug-likeness (QED) is 0.824. The second-order valence-electron chi connectivity index (χ2n) is 6.05. The van der Waals surface area contributed by atoms with Gasteiger partial charge >= 0.3 is 0 Å². The first-order valence-corrected chi connectivity index (χ1v) is 8.00. The van der Waals surface area contributed by atoms with E-state index in [1.807, 2.05) is 0 Å². The molecule has 2 fully saturated rings. The molecule has 0 spiro atoms. The van der Waals surface area contributed by atoms with Crippen molar-refractivity contribution in [3.8, 4) is 0 Å². The van der Waals surface area contributed by atoms with E-state index in [0.29, 0.717) is 0 Å². The van der Waals surface area contributed by atoms with Gasteiger partial charge < -0.3 is 15.1 Å². The Hall–Kier alpha value is -0.120. The first-order chi connectivity index (χ1) is 8.81. The highest BCUT2D eigenvalue weighted by atomic mass is 15.2. The molecule has 0 aromatic heterocycles. The maximum atomic E-state index is 3.67. The normalized spacial score (nSPS) is 32.3. The summed E-state index contributed by atoms with van der Waals surface area (Å²) in [5, 5.41) is 3.67. The van der Waals surface area contributed by atoms with Crippen LogP contribution in [0.2, 0.25) is 0 Å². The second kappa shape index (κ2) is 7.46. The Kier molecular flexibility index (Phi) is 5.93. The minimum absolute atomic E-state index is 0.753. The zero-order valence-electron chi connectivity index (χ0n) is 12.3. The highest BCUT2D eigenvalue weighted by Gasteiger charge is 2.24. The summed E-state index contributed by atoms with van der Waals surface area (Å²) < 4.78 is 0. The molecule has 0 radical (unpaired) electrons. The summed E-state index contributed by atoms with van der Waals surface area (Å²) in [6.45, 7) is 13.6. The Morgan fingerprint density at radius 1 is 1.06 bits per heavy atom. The van der Waals surface area contributed by atoms with Crippen LogP contribution in [0.5, 0.6) is 0 Å². The van der Waals surface area contributed by atoms with E-state index in [0.717, 1.165) is 12.0 Å². The lowest BCUT2D eigenvalue weighted by molar-refractivity contribution is 0.199. The van der Waals surface area contributed by atoms with Gasteiger partial charge in [-0.25, -0.2) is 0 Å². The van der Waals surface area contributed by atoms with Gasteiger partial charge in [-0.05, 0) is 64.3 Å². The molecule has 0 aromatic carbocycles. The van der Waals surface area contributed by atoms with Gasteiger partial charge in [0.1, 0.15) is 0 Å². The van der Waals surface area contributed by atoms with Crippen LogP contribution in [0.4, 0.5) is 0 Å². The minimum atomic E-state index is 0.753. The summed E-state index contributed by atoms with van der Waals surface area (Å²) in [5.74, 6) is 0.928. The summed E-state index contributed by atoms with van der Waals surface area (Å²) >= 11 is 0. The van der Waals surface area contributed by atoms with Crippen molar-refractivity contribution in [1.29, 1.82) is 0 Å². The van der Waals surface area contributed by atoms with Crippen LogP contribution in [0, 0.1) is 5.92 Å². The SMILES string of the molecule is CCC1CCN(CC2CCN(CC)C2)CCCN1. The third-order valence-electron chi connectivity index (χ3n) is 4.70. The van der Waals surface area contributed by atoms with Gasteiger partial charge in [-0.2, -0.15) is 0 Å². The Morgan fingerprint density at radius 2 is 1.89 bits per heavy atom. The average molecular weight is 253 g/mol. The summed E-state index contributed by atoms with van der Waals surface area (Å²) in [4.78, 5) is 5.33. The van der Waals surface area contributed by atoms with E-state index in [-0.39, 0.29) is 0 Å². The lowest BCUT2D eigenvalue weighted by Gasteiger charge is -2.30. The highest BCUT2D eigenvalue weighted by molar-refractivity contribution is 4.79. The highest BCUT2D eigenvalue weighted by Crippen LogP contribution is 2.18. The number of nitrogens with zero attached hydrogens (tertiary/aromatic N) is 2. The second-order valence-corrected chi connectivity index (χ2v) is 6.05. The van der Waals surface area contributed by atoms with Crippen molar-refractivity contribution >= 4 is 0 Å². The van der Waals surface area contributed by atoms with E-state index in [2.05, 4.69) is 29.0 Å². The maximum Gasteiger partial charge on any atom is 0.00766 e. The zero-order chi connectivity index (χ0) is 12.8. The van der Waals surface area contributed by atoms with Gasteiger partial charge in [0, 0.05) is 19.1 Å². The van der Waals surface area contributed by atoms with E-state index in [9.17, 15) is 0 Å².